The standard InChI is InChI=1S/C8H8O3/c9-4-6-5-2-1-3-7(5)11-8(6)10/h1,3-5,7,9H,2H2/b6-4-/t5-,7-/m1/s1. The van der Waals surface area contributed by atoms with Gasteiger partial charge in [-0.05, 0) is 12.5 Å². The van der Waals surface area contributed by atoms with Gasteiger partial charge in [-0.3, -0.25) is 0 Å². The second kappa shape index (κ2) is 2.12. The summed E-state index contributed by atoms with van der Waals surface area (Å²) in [7, 11) is 0. The number of carbonyl (C=O) groups excluding carboxylic acids is 1. The van der Waals surface area contributed by atoms with Gasteiger partial charge in [0.05, 0.1) is 11.8 Å². The molecule has 0 unspecified atom stereocenters. The maximum atomic E-state index is 10.9. The number of rotatable bonds is 0. The van der Waals surface area contributed by atoms with Gasteiger partial charge in [-0.2, -0.15) is 0 Å². The van der Waals surface area contributed by atoms with Gasteiger partial charge >= 0.3 is 5.97 Å². The third-order valence-corrected chi connectivity index (χ3v) is 2.13. The molecule has 3 heteroatoms. The number of allylic oxidation sites excluding steroid dienone is 1. The van der Waals surface area contributed by atoms with Crippen molar-refractivity contribution in [2.24, 2.45) is 5.92 Å². The van der Waals surface area contributed by atoms with Gasteiger partial charge in [0.1, 0.15) is 6.10 Å². The second-order valence-electron chi connectivity index (χ2n) is 2.72. The summed E-state index contributed by atoms with van der Waals surface area (Å²) in [4.78, 5) is 10.9. The molecule has 3 nitrogen and oxygen atoms in total. The fourth-order valence-electron chi connectivity index (χ4n) is 1.54. The van der Waals surface area contributed by atoms with Crippen molar-refractivity contribution in [1.82, 2.24) is 0 Å². The molecule has 0 bridgehead atoms. The van der Waals surface area contributed by atoms with Gasteiger partial charge in [-0.1, -0.05) is 6.08 Å². The highest BCUT2D eigenvalue weighted by Crippen LogP contribution is 2.35. The number of carbonyl (C=O) groups is 1. The number of hydrogen-bond acceptors (Lipinski definition) is 3. The molecular weight excluding hydrogens is 144 g/mol. The van der Waals surface area contributed by atoms with Crippen LogP contribution in [-0.2, 0) is 9.53 Å². The molecule has 58 valence electrons. The fraction of sp³-hybridized carbons (Fsp3) is 0.375. The molecule has 0 aromatic rings. The highest BCUT2D eigenvalue weighted by molar-refractivity contribution is 5.91. The Balaban J connectivity index is 2.31. The van der Waals surface area contributed by atoms with Crippen molar-refractivity contribution in [2.45, 2.75) is 12.5 Å². The highest BCUT2D eigenvalue weighted by atomic mass is 16.6. The number of aliphatic hydroxyl groups excluding tert-OH is 1. The summed E-state index contributed by atoms with van der Waals surface area (Å²) in [5, 5.41) is 8.69. The van der Waals surface area contributed by atoms with Gasteiger partial charge in [0.2, 0.25) is 0 Å². The van der Waals surface area contributed by atoms with Gasteiger partial charge in [-0.25, -0.2) is 4.79 Å². The molecule has 1 aliphatic heterocycles. The van der Waals surface area contributed by atoms with Crippen molar-refractivity contribution in [3.05, 3.63) is 24.0 Å². The van der Waals surface area contributed by atoms with Crippen molar-refractivity contribution < 1.29 is 14.6 Å². The van der Waals surface area contributed by atoms with Crippen molar-refractivity contribution in [3.63, 3.8) is 0 Å². The second-order valence-corrected chi connectivity index (χ2v) is 2.72. The van der Waals surface area contributed by atoms with E-state index in [-0.39, 0.29) is 18.0 Å². The van der Waals surface area contributed by atoms with Gasteiger partial charge in [0.15, 0.2) is 0 Å². The Morgan fingerprint density at radius 2 is 2.55 bits per heavy atom. The highest BCUT2D eigenvalue weighted by Gasteiger charge is 2.40. The lowest BCUT2D eigenvalue weighted by molar-refractivity contribution is -0.137. The van der Waals surface area contributed by atoms with Crippen molar-refractivity contribution in [3.8, 4) is 0 Å². The van der Waals surface area contributed by atoms with Crippen LogP contribution in [-0.4, -0.2) is 17.2 Å². The molecule has 0 aromatic carbocycles. The first-order chi connectivity index (χ1) is 5.33. The van der Waals surface area contributed by atoms with E-state index in [1.165, 1.54) is 0 Å². The average molecular weight is 152 g/mol. The lowest BCUT2D eigenvalue weighted by atomic mass is 9.99. The Morgan fingerprint density at radius 3 is 3.27 bits per heavy atom. The zero-order valence-corrected chi connectivity index (χ0v) is 5.86. The normalized spacial score (nSPS) is 37.8. The summed E-state index contributed by atoms with van der Waals surface area (Å²) in [6.07, 6.45) is 5.36. The molecule has 0 saturated carbocycles. The SMILES string of the molecule is O=C1O[C@@H]2C=CC[C@@H]2/C1=C/O. The van der Waals surface area contributed by atoms with Gasteiger partial charge in [-0.15, -0.1) is 0 Å². The molecule has 0 amide bonds. The van der Waals surface area contributed by atoms with Crippen molar-refractivity contribution in [1.29, 1.82) is 0 Å². The first-order valence-corrected chi connectivity index (χ1v) is 3.55. The van der Waals surface area contributed by atoms with Crippen LogP contribution in [0.15, 0.2) is 24.0 Å². The predicted octanol–water partition coefficient (Wildman–Crippen LogP) is 0.930. The van der Waals surface area contributed by atoms with Gasteiger partial charge in [0.25, 0.3) is 0 Å². The number of fused-ring (bicyclic) bond motifs is 1. The zero-order chi connectivity index (χ0) is 7.84. The predicted molar refractivity (Wildman–Crippen MR) is 37.8 cm³/mol. The van der Waals surface area contributed by atoms with Gasteiger partial charge < -0.3 is 9.84 Å². The molecule has 2 aliphatic rings. The third kappa shape index (κ3) is 0.770. The van der Waals surface area contributed by atoms with Crippen LogP contribution in [0.3, 0.4) is 0 Å². The summed E-state index contributed by atoms with van der Waals surface area (Å²) in [6.45, 7) is 0. The van der Waals surface area contributed by atoms with Crippen LogP contribution >= 0.6 is 0 Å². The van der Waals surface area contributed by atoms with E-state index in [2.05, 4.69) is 0 Å². The number of esters is 1. The average Bonchev–Trinajstić information content (AvgIpc) is 2.46. The summed E-state index contributed by atoms with van der Waals surface area (Å²) in [5.74, 6) is -0.320. The Bertz CT molecular complexity index is 252. The van der Waals surface area contributed by atoms with E-state index in [0.29, 0.717) is 5.57 Å². The summed E-state index contributed by atoms with van der Waals surface area (Å²) in [5.41, 5.74) is 0.403. The van der Waals surface area contributed by atoms with E-state index in [9.17, 15) is 4.79 Å². The monoisotopic (exact) mass is 152 g/mol. The minimum Gasteiger partial charge on any atom is -0.515 e. The Labute approximate surface area is 64.0 Å². The molecule has 2 rings (SSSR count). The molecule has 11 heavy (non-hydrogen) atoms. The summed E-state index contributed by atoms with van der Waals surface area (Å²) in [6, 6.07) is 0. The van der Waals surface area contributed by atoms with Crippen LogP contribution in [0.1, 0.15) is 6.42 Å². The molecule has 0 radical (unpaired) electrons. The smallest absolute Gasteiger partial charge is 0.338 e. The van der Waals surface area contributed by atoms with E-state index in [4.69, 9.17) is 9.84 Å². The van der Waals surface area contributed by atoms with E-state index in [1.54, 1.807) is 0 Å². The van der Waals surface area contributed by atoms with Crippen LogP contribution in [0.4, 0.5) is 0 Å². The van der Waals surface area contributed by atoms with Crippen LogP contribution in [0.25, 0.3) is 0 Å². The van der Waals surface area contributed by atoms with Crippen molar-refractivity contribution >= 4 is 5.97 Å². The quantitative estimate of drug-likeness (QED) is 0.243. The minimum absolute atomic E-state index is 0.0625. The number of ether oxygens (including phenoxy) is 1. The molecule has 2 atom stereocenters. The Kier molecular flexibility index (Phi) is 1.24. The summed E-state index contributed by atoms with van der Waals surface area (Å²) >= 11 is 0. The summed E-state index contributed by atoms with van der Waals surface area (Å²) < 4.78 is 4.93. The van der Waals surface area contributed by atoms with E-state index < -0.39 is 0 Å². The molecule has 1 N–H and O–H groups in total. The first-order valence-electron chi connectivity index (χ1n) is 3.55. The lowest BCUT2D eigenvalue weighted by Crippen LogP contribution is -2.07. The van der Waals surface area contributed by atoms with E-state index in [1.807, 2.05) is 12.2 Å². The van der Waals surface area contributed by atoms with Gasteiger partial charge in [0, 0.05) is 5.92 Å². The largest absolute Gasteiger partial charge is 0.515 e. The molecule has 1 saturated heterocycles. The Morgan fingerprint density at radius 1 is 1.73 bits per heavy atom. The van der Waals surface area contributed by atoms with Crippen LogP contribution in [0.2, 0.25) is 0 Å². The molecule has 1 aliphatic carbocycles. The molecule has 1 fully saturated rings. The van der Waals surface area contributed by atoms with Crippen LogP contribution < -0.4 is 0 Å². The van der Waals surface area contributed by atoms with E-state index >= 15 is 0 Å². The van der Waals surface area contributed by atoms with Crippen LogP contribution in [0.5, 0.6) is 0 Å². The van der Waals surface area contributed by atoms with E-state index in [0.717, 1.165) is 12.7 Å². The zero-order valence-electron chi connectivity index (χ0n) is 5.86. The van der Waals surface area contributed by atoms with Crippen molar-refractivity contribution in [2.75, 3.05) is 0 Å². The topological polar surface area (TPSA) is 46.5 Å². The van der Waals surface area contributed by atoms with Crippen LogP contribution in [0, 0.1) is 5.92 Å². The number of aliphatic hydroxyl groups is 1. The third-order valence-electron chi connectivity index (χ3n) is 2.13. The molecule has 0 aromatic heterocycles. The number of hydrogen-bond donors (Lipinski definition) is 1. The Hall–Kier alpha value is -1.25. The fourth-order valence-corrected chi connectivity index (χ4v) is 1.54. The molecule has 0 spiro atoms. The maximum Gasteiger partial charge on any atom is 0.338 e. The molecular formula is C8H8O3. The minimum atomic E-state index is -0.383. The lowest BCUT2D eigenvalue weighted by Gasteiger charge is -2.03. The maximum absolute atomic E-state index is 10.9. The molecule has 1 heterocycles. The first kappa shape index (κ1) is 6.46.